The number of hydrogen-bond donors (Lipinski definition) is 0. The molecule has 5 rings (SSSR count). The van der Waals surface area contributed by atoms with Crippen molar-refractivity contribution in [3.05, 3.63) is 56.9 Å². The number of furan rings is 1. The molecule has 0 fully saturated rings. The van der Waals surface area contributed by atoms with E-state index in [0.717, 1.165) is 34.9 Å². The van der Waals surface area contributed by atoms with E-state index in [1.54, 1.807) is 17.4 Å². The molecule has 136 valence electrons. The zero-order valence-electron chi connectivity index (χ0n) is 14.8. The average molecular weight is 379 g/mol. The van der Waals surface area contributed by atoms with E-state index in [1.165, 1.54) is 4.88 Å². The number of aromatic nitrogens is 3. The lowest BCUT2D eigenvalue weighted by molar-refractivity contribution is 0.0939. The molecule has 0 radical (unpaired) electrons. The lowest BCUT2D eigenvalue weighted by Gasteiger charge is -2.17. The number of aryl methyl sites for hydroxylation is 1. The summed E-state index contributed by atoms with van der Waals surface area (Å²) in [6.07, 6.45) is 2.93. The molecule has 1 atom stereocenters. The van der Waals surface area contributed by atoms with Gasteiger partial charge in [-0.15, -0.1) is 16.4 Å². The van der Waals surface area contributed by atoms with E-state index in [2.05, 4.69) is 17.2 Å². The molecule has 3 heterocycles. The van der Waals surface area contributed by atoms with Crippen molar-refractivity contribution in [1.29, 1.82) is 0 Å². The van der Waals surface area contributed by atoms with Gasteiger partial charge in [0, 0.05) is 10.3 Å². The first-order chi connectivity index (χ1) is 13.1. The van der Waals surface area contributed by atoms with Crippen LogP contribution in [0, 0.1) is 5.92 Å². The summed E-state index contributed by atoms with van der Waals surface area (Å²) in [5.74, 6) is 0.557. The summed E-state index contributed by atoms with van der Waals surface area (Å²) in [5.41, 5.74) is 1.50. The Balaban J connectivity index is 1.52. The number of rotatable bonds is 3. The maximum atomic E-state index is 13.0. The van der Waals surface area contributed by atoms with Crippen LogP contribution in [-0.2, 0) is 19.4 Å². The minimum Gasteiger partial charge on any atom is -0.453 e. The number of hydrogen-bond acceptors (Lipinski definition) is 6. The van der Waals surface area contributed by atoms with Crippen molar-refractivity contribution in [2.24, 2.45) is 5.92 Å². The van der Waals surface area contributed by atoms with Crippen molar-refractivity contribution in [3.63, 3.8) is 0 Å². The van der Waals surface area contributed by atoms with Gasteiger partial charge in [-0.25, -0.2) is 4.68 Å². The van der Waals surface area contributed by atoms with Gasteiger partial charge >= 0.3 is 0 Å². The van der Waals surface area contributed by atoms with Crippen LogP contribution in [0.5, 0.6) is 0 Å². The molecule has 1 aliphatic carbocycles. The van der Waals surface area contributed by atoms with Crippen LogP contribution in [0.2, 0.25) is 0 Å². The Hall–Kier alpha value is -2.80. The summed E-state index contributed by atoms with van der Waals surface area (Å²) in [6.45, 7) is 2.05. The van der Waals surface area contributed by atoms with Crippen LogP contribution in [0.3, 0.4) is 0 Å². The second kappa shape index (κ2) is 6.13. The van der Waals surface area contributed by atoms with E-state index in [0.29, 0.717) is 21.7 Å². The number of ketones is 1. The first-order valence-electron chi connectivity index (χ1n) is 9.00. The van der Waals surface area contributed by atoms with Crippen molar-refractivity contribution in [3.8, 4) is 0 Å². The van der Waals surface area contributed by atoms with Gasteiger partial charge in [0.05, 0.1) is 5.39 Å². The van der Waals surface area contributed by atoms with Gasteiger partial charge in [-0.3, -0.25) is 9.59 Å². The Morgan fingerprint density at radius 2 is 2.22 bits per heavy atom. The fourth-order valence-corrected chi connectivity index (χ4v) is 5.05. The molecule has 27 heavy (non-hydrogen) atoms. The van der Waals surface area contributed by atoms with E-state index in [4.69, 9.17) is 4.42 Å². The summed E-state index contributed by atoms with van der Waals surface area (Å²) in [4.78, 5) is 27.5. The molecule has 0 bridgehead atoms. The molecule has 6 nitrogen and oxygen atoms in total. The highest BCUT2D eigenvalue weighted by atomic mass is 32.1. The molecule has 1 aromatic carbocycles. The van der Waals surface area contributed by atoms with Crippen molar-refractivity contribution < 1.29 is 9.21 Å². The molecule has 0 unspecified atom stereocenters. The SMILES string of the molecule is C[C@H]1CCc2c(sc3nnn(CC(=O)c4cc5ccccc5o4)c(=O)c23)C1. The number of carbonyl (C=O) groups is 1. The normalized spacial score (nSPS) is 16.7. The molecule has 0 saturated carbocycles. The van der Waals surface area contributed by atoms with Crippen LogP contribution >= 0.6 is 11.3 Å². The predicted molar refractivity (Wildman–Crippen MR) is 103 cm³/mol. The molecule has 7 heteroatoms. The molecule has 0 N–H and O–H groups in total. The number of Topliss-reactive ketones (excluding diaryl/α,β-unsaturated/α-hetero) is 1. The predicted octanol–water partition coefficient (Wildman–Crippen LogP) is 3.61. The van der Waals surface area contributed by atoms with Gasteiger partial charge in [0.2, 0.25) is 5.78 Å². The second-order valence-corrected chi connectivity index (χ2v) is 8.24. The highest BCUT2D eigenvalue weighted by molar-refractivity contribution is 7.18. The van der Waals surface area contributed by atoms with Gasteiger partial charge < -0.3 is 4.42 Å². The Labute approximate surface area is 158 Å². The first kappa shape index (κ1) is 16.4. The van der Waals surface area contributed by atoms with Crippen molar-refractivity contribution in [2.75, 3.05) is 0 Å². The number of benzene rings is 1. The summed E-state index contributed by atoms with van der Waals surface area (Å²) < 4.78 is 6.76. The lowest BCUT2D eigenvalue weighted by atomic mass is 9.89. The summed E-state index contributed by atoms with van der Waals surface area (Å²) in [5, 5.41) is 9.69. The van der Waals surface area contributed by atoms with Crippen molar-refractivity contribution >= 4 is 38.3 Å². The smallest absolute Gasteiger partial charge is 0.279 e. The number of carbonyl (C=O) groups excluding carboxylic acids is 1. The second-order valence-electron chi connectivity index (χ2n) is 7.16. The zero-order chi connectivity index (χ0) is 18.5. The third kappa shape index (κ3) is 2.70. The molecular formula is C20H17N3O3S. The maximum absolute atomic E-state index is 13.0. The van der Waals surface area contributed by atoms with Crippen LogP contribution in [0.4, 0.5) is 0 Å². The van der Waals surface area contributed by atoms with Crippen molar-refractivity contribution in [2.45, 2.75) is 32.7 Å². The third-order valence-corrected chi connectivity index (χ3v) is 6.32. The van der Waals surface area contributed by atoms with Crippen LogP contribution in [0.15, 0.2) is 39.5 Å². The zero-order valence-corrected chi connectivity index (χ0v) is 15.6. The number of thiophene rings is 1. The summed E-state index contributed by atoms with van der Waals surface area (Å²) in [6, 6.07) is 9.12. The largest absolute Gasteiger partial charge is 0.453 e. The van der Waals surface area contributed by atoms with Crippen LogP contribution in [-0.4, -0.2) is 20.8 Å². The number of nitrogens with zero attached hydrogens (tertiary/aromatic N) is 3. The fraction of sp³-hybridized carbons (Fsp3) is 0.300. The molecule has 0 aliphatic heterocycles. The summed E-state index contributed by atoms with van der Waals surface area (Å²) in [7, 11) is 0. The molecular weight excluding hydrogens is 362 g/mol. The third-order valence-electron chi connectivity index (χ3n) is 5.18. The van der Waals surface area contributed by atoms with Gasteiger partial charge in [0.1, 0.15) is 12.1 Å². The van der Waals surface area contributed by atoms with E-state index >= 15 is 0 Å². The van der Waals surface area contributed by atoms with E-state index in [9.17, 15) is 9.59 Å². The van der Waals surface area contributed by atoms with Gasteiger partial charge in [0.25, 0.3) is 5.56 Å². The monoisotopic (exact) mass is 379 g/mol. The van der Waals surface area contributed by atoms with E-state index in [1.807, 2.05) is 24.3 Å². The first-order valence-corrected chi connectivity index (χ1v) is 9.81. The van der Waals surface area contributed by atoms with E-state index in [-0.39, 0.29) is 23.6 Å². The Kier molecular flexibility index (Phi) is 3.72. The van der Waals surface area contributed by atoms with E-state index < -0.39 is 0 Å². The fourth-order valence-electron chi connectivity index (χ4n) is 3.73. The standard InChI is InChI=1S/C20H17N3O3S/c1-11-6-7-13-17(8-11)27-19-18(13)20(25)23(22-21-19)10-14(24)16-9-12-4-2-3-5-15(12)26-16/h2-5,9,11H,6-8,10H2,1H3/t11-/m0/s1. The molecule has 0 spiro atoms. The van der Waals surface area contributed by atoms with Gasteiger partial charge in [-0.2, -0.15) is 0 Å². The average Bonchev–Trinajstić information content (AvgIpc) is 3.25. The van der Waals surface area contributed by atoms with Gasteiger partial charge in [-0.1, -0.05) is 30.3 Å². The minimum absolute atomic E-state index is 0.178. The highest BCUT2D eigenvalue weighted by Gasteiger charge is 2.24. The van der Waals surface area contributed by atoms with Crippen LogP contribution < -0.4 is 5.56 Å². The topological polar surface area (TPSA) is 78.0 Å². The van der Waals surface area contributed by atoms with Crippen LogP contribution in [0.25, 0.3) is 21.2 Å². The molecule has 4 aromatic rings. The Bertz CT molecular complexity index is 1220. The molecule has 0 amide bonds. The summed E-state index contributed by atoms with van der Waals surface area (Å²) >= 11 is 1.55. The Morgan fingerprint density at radius 3 is 3.07 bits per heavy atom. The number of para-hydroxylation sites is 1. The Morgan fingerprint density at radius 1 is 1.37 bits per heavy atom. The molecule has 1 aliphatic rings. The quantitative estimate of drug-likeness (QED) is 0.508. The highest BCUT2D eigenvalue weighted by Crippen LogP contribution is 2.35. The molecule has 3 aromatic heterocycles. The van der Waals surface area contributed by atoms with Gasteiger partial charge in [-0.05, 0) is 42.9 Å². The lowest BCUT2D eigenvalue weighted by Crippen LogP contribution is -2.28. The van der Waals surface area contributed by atoms with Crippen LogP contribution in [0.1, 0.15) is 34.3 Å². The number of fused-ring (bicyclic) bond motifs is 4. The maximum Gasteiger partial charge on any atom is 0.279 e. The van der Waals surface area contributed by atoms with Crippen molar-refractivity contribution in [1.82, 2.24) is 15.0 Å². The minimum atomic E-state index is -0.292. The molecule has 0 saturated heterocycles. The van der Waals surface area contributed by atoms with Gasteiger partial charge in [0.15, 0.2) is 10.6 Å².